The Labute approximate surface area is 130 Å². The van der Waals surface area contributed by atoms with Gasteiger partial charge in [-0.3, -0.25) is 9.78 Å². The summed E-state index contributed by atoms with van der Waals surface area (Å²) in [6.45, 7) is 0.793. The molecule has 0 radical (unpaired) electrons. The third-order valence-corrected chi connectivity index (χ3v) is 4.20. The molecule has 0 unspecified atom stereocenters. The summed E-state index contributed by atoms with van der Waals surface area (Å²) in [5.74, 6) is 0.398. The molecule has 1 aromatic heterocycles. The number of aryl methyl sites for hydroxylation is 1. The molecule has 0 saturated carbocycles. The highest BCUT2D eigenvalue weighted by Gasteiger charge is 2.30. The molecule has 0 bridgehead atoms. The SMILES string of the molecule is O=C(CCc1ccccc1O)N1CCC[C@@H]1c1ccccn1. The molecule has 1 fully saturated rings. The van der Waals surface area contributed by atoms with Crippen LogP contribution in [0, 0.1) is 0 Å². The molecule has 114 valence electrons. The Kier molecular flexibility index (Phi) is 4.37. The highest BCUT2D eigenvalue weighted by atomic mass is 16.3. The van der Waals surface area contributed by atoms with Gasteiger partial charge in [-0.1, -0.05) is 24.3 Å². The topological polar surface area (TPSA) is 53.4 Å². The van der Waals surface area contributed by atoms with Crippen LogP contribution in [0.4, 0.5) is 0 Å². The van der Waals surface area contributed by atoms with Gasteiger partial charge in [0.25, 0.3) is 0 Å². The second-order valence-corrected chi connectivity index (χ2v) is 5.63. The van der Waals surface area contributed by atoms with Gasteiger partial charge in [-0.05, 0) is 43.0 Å². The summed E-state index contributed by atoms with van der Waals surface area (Å²) in [7, 11) is 0. The molecule has 4 nitrogen and oxygen atoms in total. The number of phenols is 1. The monoisotopic (exact) mass is 296 g/mol. The van der Waals surface area contributed by atoms with Crippen molar-refractivity contribution in [3.05, 3.63) is 59.9 Å². The van der Waals surface area contributed by atoms with Crippen LogP contribution in [-0.4, -0.2) is 27.4 Å². The number of benzene rings is 1. The Morgan fingerprint density at radius 2 is 2.05 bits per heavy atom. The lowest BCUT2D eigenvalue weighted by Crippen LogP contribution is -2.31. The van der Waals surface area contributed by atoms with Crippen LogP contribution in [-0.2, 0) is 11.2 Å². The Morgan fingerprint density at radius 3 is 2.82 bits per heavy atom. The van der Waals surface area contributed by atoms with Crippen molar-refractivity contribution in [2.45, 2.75) is 31.7 Å². The van der Waals surface area contributed by atoms with E-state index in [1.54, 1.807) is 18.3 Å². The van der Waals surface area contributed by atoms with Gasteiger partial charge >= 0.3 is 0 Å². The number of pyridine rings is 1. The average molecular weight is 296 g/mol. The number of carbonyl (C=O) groups is 1. The lowest BCUT2D eigenvalue weighted by molar-refractivity contribution is -0.132. The molecule has 1 amide bonds. The van der Waals surface area contributed by atoms with Crippen molar-refractivity contribution < 1.29 is 9.90 Å². The number of nitrogens with zero attached hydrogens (tertiary/aromatic N) is 2. The fraction of sp³-hybridized carbons (Fsp3) is 0.333. The summed E-state index contributed by atoms with van der Waals surface area (Å²) in [4.78, 5) is 18.9. The van der Waals surface area contributed by atoms with Crippen LogP contribution in [0.2, 0.25) is 0 Å². The second-order valence-electron chi connectivity index (χ2n) is 5.63. The van der Waals surface area contributed by atoms with Crippen LogP contribution >= 0.6 is 0 Å². The number of carbonyl (C=O) groups excluding carboxylic acids is 1. The van der Waals surface area contributed by atoms with Crippen LogP contribution in [0.1, 0.15) is 36.6 Å². The lowest BCUT2D eigenvalue weighted by Gasteiger charge is -2.24. The number of phenolic OH excluding ortho intramolecular Hbond substituents is 1. The number of para-hydroxylation sites is 1. The molecule has 2 heterocycles. The number of hydrogen-bond donors (Lipinski definition) is 1. The Bertz CT molecular complexity index is 643. The van der Waals surface area contributed by atoms with Crippen molar-refractivity contribution in [3.8, 4) is 5.75 Å². The standard InChI is InChI=1S/C18H20N2O2/c21-17-9-2-1-6-14(17)10-11-18(22)20-13-5-8-16(20)15-7-3-4-12-19-15/h1-4,6-7,9,12,16,21H,5,8,10-11,13H2/t16-/m1/s1. The molecular weight excluding hydrogens is 276 g/mol. The van der Waals surface area contributed by atoms with E-state index in [1.165, 1.54) is 0 Å². The molecule has 0 aliphatic carbocycles. The van der Waals surface area contributed by atoms with E-state index >= 15 is 0 Å². The van der Waals surface area contributed by atoms with E-state index in [9.17, 15) is 9.90 Å². The zero-order valence-corrected chi connectivity index (χ0v) is 12.5. The summed E-state index contributed by atoms with van der Waals surface area (Å²) < 4.78 is 0. The van der Waals surface area contributed by atoms with Gasteiger partial charge in [-0.25, -0.2) is 0 Å². The number of aromatic nitrogens is 1. The number of aromatic hydroxyl groups is 1. The zero-order valence-electron chi connectivity index (χ0n) is 12.5. The lowest BCUT2D eigenvalue weighted by atomic mass is 10.1. The summed E-state index contributed by atoms with van der Waals surface area (Å²) in [6, 6.07) is 13.1. The number of rotatable bonds is 4. The molecular formula is C18H20N2O2. The zero-order chi connectivity index (χ0) is 15.4. The van der Waals surface area contributed by atoms with Crippen LogP contribution in [0.3, 0.4) is 0 Å². The molecule has 2 aromatic rings. The molecule has 1 aliphatic rings. The van der Waals surface area contributed by atoms with Gasteiger partial charge < -0.3 is 10.0 Å². The molecule has 1 N–H and O–H groups in total. The maximum Gasteiger partial charge on any atom is 0.223 e. The Balaban J connectivity index is 1.65. The van der Waals surface area contributed by atoms with E-state index in [0.29, 0.717) is 12.8 Å². The first-order valence-electron chi connectivity index (χ1n) is 7.73. The minimum atomic E-state index is 0.0954. The van der Waals surface area contributed by atoms with E-state index in [-0.39, 0.29) is 17.7 Å². The Hall–Kier alpha value is -2.36. The largest absolute Gasteiger partial charge is 0.508 e. The van der Waals surface area contributed by atoms with E-state index < -0.39 is 0 Å². The predicted molar refractivity (Wildman–Crippen MR) is 84.4 cm³/mol. The minimum absolute atomic E-state index is 0.0954. The van der Waals surface area contributed by atoms with Gasteiger partial charge in [0, 0.05) is 19.2 Å². The van der Waals surface area contributed by atoms with Gasteiger partial charge in [0.05, 0.1) is 11.7 Å². The maximum absolute atomic E-state index is 12.5. The van der Waals surface area contributed by atoms with E-state index in [4.69, 9.17) is 0 Å². The quantitative estimate of drug-likeness (QED) is 0.943. The first-order valence-corrected chi connectivity index (χ1v) is 7.73. The van der Waals surface area contributed by atoms with E-state index in [2.05, 4.69) is 4.98 Å². The summed E-state index contributed by atoms with van der Waals surface area (Å²) >= 11 is 0. The molecule has 1 aromatic carbocycles. The smallest absolute Gasteiger partial charge is 0.223 e. The number of amides is 1. The first-order chi connectivity index (χ1) is 10.8. The predicted octanol–water partition coefficient (Wildman–Crippen LogP) is 3.08. The molecule has 1 aliphatic heterocycles. The third kappa shape index (κ3) is 3.11. The molecule has 4 heteroatoms. The van der Waals surface area contributed by atoms with Crippen LogP contribution < -0.4 is 0 Å². The first kappa shape index (κ1) is 14.6. The van der Waals surface area contributed by atoms with E-state index in [1.807, 2.05) is 35.2 Å². The minimum Gasteiger partial charge on any atom is -0.508 e. The van der Waals surface area contributed by atoms with Crippen molar-refractivity contribution in [3.63, 3.8) is 0 Å². The summed E-state index contributed by atoms with van der Waals surface area (Å²) in [6.07, 6.45) is 4.75. The highest BCUT2D eigenvalue weighted by Crippen LogP contribution is 2.31. The van der Waals surface area contributed by atoms with Crippen molar-refractivity contribution >= 4 is 5.91 Å². The maximum atomic E-state index is 12.5. The van der Waals surface area contributed by atoms with Crippen molar-refractivity contribution in [1.29, 1.82) is 0 Å². The van der Waals surface area contributed by atoms with Crippen LogP contribution in [0.25, 0.3) is 0 Å². The molecule has 22 heavy (non-hydrogen) atoms. The van der Waals surface area contributed by atoms with Gasteiger partial charge in [-0.15, -0.1) is 0 Å². The van der Waals surface area contributed by atoms with E-state index in [0.717, 1.165) is 30.6 Å². The summed E-state index contributed by atoms with van der Waals surface area (Å²) in [5, 5.41) is 9.78. The molecule has 0 spiro atoms. The van der Waals surface area contributed by atoms with Gasteiger partial charge in [-0.2, -0.15) is 0 Å². The third-order valence-electron chi connectivity index (χ3n) is 4.20. The van der Waals surface area contributed by atoms with Crippen molar-refractivity contribution in [2.75, 3.05) is 6.54 Å². The van der Waals surface area contributed by atoms with Crippen LogP contribution in [0.15, 0.2) is 48.7 Å². The van der Waals surface area contributed by atoms with Gasteiger partial charge in [0.15, 0.2) is 0 Å². The second kappa shape index (κ2) is 6.60. The summed E-state index contributed by atoms with van der Waals surface area (Å²) in [5.41, 5.74) is 1.79. The van der Waals surface area contributed by atoms with Gasteiger partial charge in [0.1, 0.15) is 5.75 Å². The van der Waals surface area contributed by atoms with Gasteiger partial charge in [0.2, 0.25) is 5.91 Å². The number of hydrogen-bond acceptors (Lipinski definition) is 3. The fourth-order valence-electron chi connectivity index (χ4n) is 3.05. The molecule has 1 atom stereocenters. The number of likely N-dealkylation sites (tertiary alicyclic amines) is 1. The van der Waals surface area contributed by atoms with Crippen LogP contribution in [0.5, 0.6) is 5.75 Å². The van der Waals surface area contributed by atoms with Crippen molar-refractivity contribution in [2.24, 2.45) is 0 Å². The molecule has 3 rings (SSSR count). The van der Waals surface area contributed by atoms with Crippen molar-refractivity contribution in [1.82, 2.24) is 9.88 Å². The Morgan fingerprint density at radius 1 is 1.23 bits per heavy atom. The normalized spacial score (nSPS) is 17.6. The molecule has 1 saturated heterocycles. The highest BCUT2D eigenvalue weighted by molar-refractivity contribution is 5.77. The fourth-order valence-corrected chi connectivity index (χ4v) is 3.05. The average Bonchev–Trinajstić information content (AvgIpc) is 3.04.